The van der Waals surface area contributed by atoms with E-state index >= 15 is 0 Å². The van der Waals surface area contributed by atoms with Crippen LogP contribution in [0.15, 0.2) is 35.1 Å². The quantitative estimate of drug-likeness (QED) is 0.826. The monoisotopic (exact) mass is 246 g/mol. The van der Waals surface area contributed by atoms with Gasteiger partial charge >= 0.3 is 0 Å². The lowest BCUT2D eigenvalue weighted by Gasteiger charge is -2.04. The maximum atomic E-state index is 11.5. The summed E-state index contributed by atoms with van der Waals surface area (Å²) in [6.45, 7) is 2.57. The summed E-state index contributed by atoms with van der Waals surface area (Å²) in [6.07, 6.45) is 3.47. The minimum absolute atomic E-state index is 0.160. The first-order valence-corrected chi connectivity index (χ1v) is 5.57. The van der Waals surface area contributed by atoms with Crippen molar-refractivity contribution in [2.45, 2.75) is 13.5 Å². The van der Waals surface area contributed by atoms with E-state index in [-0.39, 0.29) is 12.5 Å². The van der Waals surface area contributed by atoms with Crippen molar-refractivity contribution in [3.8, 4) is 0 Å². The van der Waals surface area contributed by atoms with Gasteiger partial charge in [-0.1, -0.05) is 11.2 Å². The summed E-state index contributed by atoms with van der Waals surface area (Å²) in [5.74, 6) is 0.932. The second-order valence-electron chi connectivity index (χ2n) is 3.84. The Morgan fingerprint density at radius 2 is 2.39 bits per heavy atom. The van der Waals surface area contributed by atoms with Crippen molar-refractivity contribution >= 4 is 11.7 Å². The number of hydrogen-bond donors (Lipinski definition) is 2. The standard InChI is InChI=1S/C12H14N4O2/c1-9-5-11(16-18-9)15-12(17)8-14-7-10-3-2-4-13-6-10/h2-6,14H,7-8H2,1H3,(H,15,16,17). The summed E-state index contributed by atoms with van der Waals surface area (Å²) < 4.78 is 4.85. The van der Waals surface area contributed by atoms with Crippen LogP contribution < -0.4 is 10.6 Å². The molecule has 0 atom stereocenters. The van der Waals surface area contributed by atoms with Crippen molar-refractivity contribution < 1.29 is 9.32 Å². The average molecular weight is 246 g/mol. The summed E-state index contributed by atoms with van der Waals surface area (Å²) in [5, 5.41) is 9.32. The topological polar surface area (TPSA) is 80.0 Å². The number of carbonyl (C=O) groups excluding carboxylic acids is 1. The predicted octanol–water partition coefficient (Wildman–Crippen LogP) is 1.11. The Bertz CT molecular complexity index is 510. The molecule has 0 aromatic carbocycles. The maximum Gasteiger partial charge on any atom is 0.239 e. The fraction of sp³-hybridized carbons (Fsp3) is 0.250. The molecule has 0 spiro atoms. The predicted molar refractivity (Wildman–Crippen MR) is 65.8 cm³/mol. The molecule has 0 aliphatic carbocycles. The van der Waals surface area contributed by atoms with E-state index in [4.69, 9.17) is 4.52 Å². The molecule has 1 amide bonds. The molecule has 6 heteroatoms. The van der Waals surface area contributed by atoms with E-state index in [2.05, 4.69) is 20.8 Å². The number of amides is 1. The van der Waals surface area contributed by atoms with Gasteiger partial charge in [0.25, 0.3) is 0 Å². The number of nitrogens with zero attached hydrogens (tertiary/aromatic N) is 2. The summed E-state index contributed by atoms with van der Waals surface area (Å²) in [5.41, 5.74) is 1.03. The molecule has 2 N–H and O–H groups in total. The van der Waals surface area contributed by atoms with Crippen LogP contribution >= 0.6 is 0 Å². The molecule has 0 aliphatic heterocycles. The third-order valence-electron chi connectivity index (χ3n) is 2.23. The van der Waals surface area contributed by atoms with Gasteiger partial charge < -0.3 is 15.2 Å². The number of nitrogens with one attached hydrogen (secondary N) is 2. The molecular formula is C12H14N4O2. The Hall–Kier alpha value is -2.21. The Morgan fingerprint density at radius 1 is 1.50 bits per heavy atom. The van der Waals surface area contributed by atoms with Crippen LogP contribution in [0.5, 0.6) is 0 Å². The first kappa shape index (κ1) is 12.3. The minimum Gasteiger partial charge on any atom is -0.360 e. The second kappa shape index (κ2) is 5.92. The number of carbonyl (C=O) groups is 1. The second-order valence-corrected chi connectivity index (χ2v) is 3.84. The summed E-state index contributed by atoms with van der Waals surface area (Å²) in [7, 11) is 0. The molecule has 6 nitrogen and oxygen atoms in total. The van der Waals surface area contributed by atoms with Crippen molar-refractivity contribution in [2.24, 2.45) is 0 Å². The van der Waals surface area contributed by atoms with Crippen molar-refractivity contribution in [2.75, 3.05) is 11.9 Å². The van der Waals surface area contributed by atoms with Crippen LogP contribution in [0.2, 0.25) is 0 Å². The van der Waals surface area contributed by atoms with Gasteiger partial charge in [0, 0.05) is 25.0 Å². The van der Waals surface area contributed by atoms with E-state index in [0.717, 1.165) is 5.56 Å². The molecule has 0 saturated carbocycles. The first-order chi connectivity index (χ1) is 8.74. The van der Waals surface area contributed by atoms with Crippen molar-refractivity contribution in [1.29, 1.82) is 0 Å². The normalized spacial score (nSPS) is 10.3. The highest BCUT2D eigenvalue weighted by molar-refractivity contribution is 5.91. The lowest BCUT2D eigenvalue weighted by Crippen LogP contribution is -2.27. The number of aromatic nitrogens is 2. The zero-order chi connectivity index (χ0) is 12.8. The van der Waals surface area contributed by atoms with Crippen LogP contribution in [0.3, 0.4) is 0 Å². The smallest absolute Gasteiger partial charge is 0.239 e. The molecule has 2 heterocycles. The van der Waals surface area contributed by atoms with Crippen molar-refractivity contribution in [3.05, 3.63) is 41.9 Å². The molecule has 2 aromatic rings. The summed E-state index contributed by atoms with van der Waals surface area (Å²) in [4.78, 5) is 15.5. The van der Waals surface area contributed by atoms with Gasteiger partial charge in [-0.15, -0.1) is 0 Å². The van der Waals surface area contributed by atoms with Crippen molar-refractivity contribution in [3.63, 3.8) is 0 Å². The number of anilines is 1. The molecule has 0 saturated heterocycles. The molecule has 2 aromatic heterocycles. The Morgan fingerprint density at radius 3 is 3.06 bits per heavy atom. The molecule has 0 bridgehead atoms. The molecule has 0 unspecified atom stereocenters. The fourth-order valence-corrected chi connectivity index (χ4v) is 1.44. The molecule has 94 valence electrons. The number of rotatable bonds is 5. The van der Waals surface area contributed by atoms with E-state index in [9.17, 15) is 4.79 Å². The third kappa shape index (κ3) is 3.67. The van der Waals surface area contributed by atoms with Gasteiger partial charge in [0.2, 0.25) is 5.91 Å². The van der Waals surface area contributed by atoms with E-state index < -0.39 is 0 Å². The highest BCUT2D eigenvalue weighted by atomic mass is 16.5. The highest BCUT2D eigenvalue weighted by Crippen LogP contribution is 2.06. The van der Waals surface area contributed by atoms with Gasteiger partial charge in [-0.3, -0.25) is 9.78 Å². The molecule has 0 fully saturated rings. The zero-order valence-corrected chi connectivity index (χ0v) is 10.0. The Labute approximate surface area is 104 Å². The minimum atomic E-state index is -0.160. The highest BCUT2D eigenvalue weighted by Gasteiger charge is 2.05. The number of hydrogen-bond acceptors (Lipinski definition) is 5. The van der Waals surface area contributed by atoms with Crippen LogP contribution in [0, 0.1) is 6.92 Å². The SMILES string of the molecule is Cc1cc(NC(=O)CNCc2cccnc2)no1. The lowest BCUT2D eigenvalue weighted by molar-refractivity contribution is -0.115. The van der Waals surface area contributed by atoms with Crippen LogP contribution in [-0.2, 0) is 11.3 Å². The van der Waals surface area contributed by atoms with Gasteiger partial charge in [-0.05, 0) is 18.6 Å². The summed E-state index contributed by atoms with van der Waals surface area (Å²) >= 11 is 0. The van der Waals surface area contributed by atoms with E-state index in [1.165, 1.54) is 0 Å². The first-order valence-electron chi connectivity index (χ1n) is 5.57. The summed E-state index contributed by atoms with van der Waals surface area (Å²) in [6, 6.07) is 5.47. The van der Waals surface area contributed by atoms with Crippen LogP contribution in [0.25, 0.3) is 0 Å². The lowest BCUT2D eigenvalue weighted by atomic mass is 10.3. The van der Waals surface area contributed by atoms with Gasteiger partial charge in [0.05, 0.1) is 6.54 Å². The van der Waals surface area contributed by atoms with Gasteiger partial charge in [0.1, 0.15) is 5.76 Å². The van der Waals surface area contributed by atoms with Crippen LogP contribution in [0.4, 0.5) is 5.82 Å². The third-order valence-corrected chi connectivity index (χ3v) is 2.23. The van der Waals surface area contributed by atoms with Crippen molar-refractivity contribution in [1.82, 2.24) is 15.5 Å². The van der Waals surface area contributed by atoms with E-state index in [1.54, 1.807) is 25.4 Å². The zero-order valence-electron chi connectivity index (χ0n) is 10.0. The maximum absolute atomic E-state index is 11.5. The Balaban J connectivity index is 1.72. The number of aryl methyl sites for hydroxylation is 1. The van der Waals surface area contributed by atoms with Gasteiger partial charge in [-0.25, -0.2) is 0 Å². The van der Waals surface area contributed by atoms with Gasteiger partial charge in [-0.2, -0.15) is 0 Å². The van der Waals surface area contributed by atoms with Crippen LogP contribution in [-0.4, -0.2) is 22.6 Å². The fourth-order valence-electron chi connectivity index (χ4n) is 1.44. The largest absolute Gasteiger partial charge is 0.360 e. The molecular weight excluding hydrogens is 232 g/mol. The van der Waals surface area contributed by atoms with E-state index in [0.29, 0.717) is 18.1 Å². The average Bonchev–Trinajstić information content (AvgIpc) is 2.76. The van der Waals surface area contributed by atoms with Gasteiger partial charge in [0.15, 0.2) is 5.82 Å². The molecule has 0 radical (unpaired) electrons. The van der Waals surface area contributed by atoms with Crippen LogP contribution in [0.1, 0.15) is 11.3 Å². The molecule has 18 heavy (non-hydrogen) atoms. The number of pyridine rings is 1. The molecule has 2 rings (SSSR count). The Kier molecular flexibility index (Phi) is 4.03. The van der Waals surface area contributed by atoms with E-state index in [1.807, 2.05) is 12.1 Å². The molecule has 0 aliphatic rings.